The molecule has 0 saturated carbocycles. The summed E-state index contributed by atoms with van der Waals surface area (Å²) in [7, 11) is -3.11. The van der Waals surface area contributed by atoms with E-state index < -0.39 is 10.0 Å². The van der Waals surface area contributed by atoms with Crippen molar-refractivity contribution in [2.75, 3.05) is 26.2 Å². The Balaban J connectivity index is 2.02. The highest BCUT2D eigenvalue weighted by Crippen LogP contribution is 2.35. The van der Waals surface area contributed by atoms with Gasteiger partial charge in [-0.2, -0.15) is 0 Å². The topological polar surface area (TPSA) is 49.4 Å². The average molecular weight is 302 g/mol. The lowest BCUT2D eigenvalue weighted by molar-refractivity contribution is 0.216. The fourth-order valence-electron chi connectivity index (χ4n) is 3.48. The maximum absolute atomic E-state index is 12.7. The minimum atomic E-state index is -3.11. The van der Waals surface area contributed by atoms with Gasteiger partial charge >= 0.3 is 0 Å². The van der Waals surface area contributed by atoms with E-state index in [2.05, 4.69) is 26.1 Å². The van der Waals surface area contributed by atoms with Crippen LogP contribution in [0.15, 0.2) is 0 Å². The fraction of sp³-hybridized carbons (Fsp3) is 1.00. The molecule has 0 aliphatic carbocycles. The lowest BCUT2D eigenvalue weighted by atomic mass is 9.77. The maximum Gasteiger partial charge on any atom is 0.218 e. The third-order valence-corrected chi connectivity index (χ3v) is 7.27. The minimum absolute atomic E-state index is 0.206. The molecule has 2 unspecified atom stereocenters. The Morgan fingerprint density at radius 3 is 2.40 bits per heavy atom. The molecule has 2 atom stereocenters. The number of piperidine rings is 1. The van der Waals surface area contributed by atoms with Crippen LogP contribution in [-0.4, -0.2) is 44.2 Å². The highest BCUT2D eigenvalue weighted by molar-refractivity contribution is 7.89. The number of hydrogen-bond donors (Lipinski definition) is 1. The summed E-state index contributed by atoms with van der Waals surface area (Å²) >= 11 is 0. The summed E-state index contributed by atoms with van der Waals surface area (Å²) in [6.07, 6.45) is 4.94. The maximum atomic E-state index is 12.7. The van der Waals surface area contributed by atoms with E-state index in [1.165, 1.54) is 0 Å². The minimum Gasteiger partial charge on any atom is -0.315 e. The second kappa shape index (κ2) is 6.32. The number of rotatable bonds is 2. The zero-order valence-electron chi connectivity index (χ0n) is 13.2. The first-order valence-electron chi connectivity index (χ1n) is 8.01. The van der Waals surface area contributed by atoms with Gasteiger partial charge in [0.1, 0.15) is 0 Å². The molecule has 2 aliphatic rings. The zero-order chi connectivity index (χ0) is 14.8. The molecule has 118 valence electrons. The third-order valence-electron chi connectivity index (χ3n) is 4.94. The fourth-order valence-corrected chi connectivity index (χ4v) is 5.43. The van der Waals surface area contributed by atoms with Gasteiger partial charge in [0.2, 0.25) is 10.0 Å². The summed E-state index contributed by atoms with van der Waals surface area (Å²) in [6, 6.07) is 0. The molecule has 0 aromatic heterocycles. The first-order chi connectivity index (χ1) is 9.32. The van der Waals surface area contributed by atoms with Crippen molar-refractivity contribution in [3.8, 4) is 0 Å². The molecule has 2 heterocycles. The van der Waals surface area contributed by atoms with Crippen molar-refractivity contribution < 1.29 is 8.42 Å². The number of hydrogen-bond acceptors (Lipinski definition) is 3. The molecular formula is C15H30N2O2S. The van der Waals surface area contributed by atoms with Crippen LogP contribution in [0, 0.1) is 11.3 Å². The predicted octanol–water partition coefficient (Wildman–Crippen LogP) is 2.22. The molecule has 1 N–H and O–H groups in total. The van der Waals surface area contributed by atoms with E-state index >= 15 is 0 Å². The van der Waals surface area contributed by atoms with Crippen LogP contribution in [0.4, 0.5) is 0 Å². The Morgan fingerprint density at radius 1 is 1.05 bits per heavy atom. The van der Waals surface area contributed by atoms with Crippen molar-refractivity contribution in [3.05, 3.63) is 0 Å². The number of sulfonamides is 1. The standard InChI is InChI=1S/C15H30N2O2S/c1-15(2,3)13-6-5-10-17(11-8-13)20(18,19)14-7-4-9-16-12-14/h13-14,16H,4-12H2,1-3H3. The van der Waals surface area contributed by atoms with Crippen molar-refractivity contribution in [2.45, 2.75) is 58.1 Å². The van der Waals surface area contributed by atoms with Gasteiger partial charge < -0.3 is 5.32 Å². The monoisotopic (exact) mass is 302 g/mol. The lowest BCUT2D eigenvalue weighted by Crippen LogP contribution is -2.46. The van der Waals surface area contributed by atoms with Crippen LogP contribution in [-0.2, 0) is 10.0 Å². The smallest absolute Gasteiger partial charge is 0.218 e. The second-order valence-corrected chi connectivity index (χ2v) is 9.62. The molecule has 0 amide bonds. The van der Waals surface area contributed by atoms with Crippen LogP contribution >= 0.6 is 0 Å². The van der Waals surface area contributed by atoms with Crippen LogP contribution in [0.2, 0.25) is 0 Å². The summed E-state index contributed by atoms with van der Waals surface area (Å²) in [5.74, 6) is 0.632. The van der Waals surface area contributed by atoms with Gasteiger partial charge in [0.25, 0.3) is 0 Å². The molecule has 2 fully saturated rings. The second-order valence-electron chi connectivity index (χ2n) is 7.41. The van der Waals surface area contributed by atoms with Gasteiger partial charge in [0, 0.05) is 19.6 Å². The van der Waals surface area contributed by atoms with Crippen LogP contribution in [0.25, 0.3) is 0 Å². The highest BCUT2D eigenvalue weighted by atomic mass is 32.2. The molecular weight excluding hydrogens is 272 g/mol. The van der Waals surface area contributed by atoms with Crippen LogP contribution in [0.5, 0.6) is 0 Å². The van der Waals surface area contributed by atoms with Gasteiger partial charge in [-0.15, -0.1) is 0 Å². The molecule has 5 heteroatoms. The van der Waals surface area contributed by atoms with E-state index in [-0.39, 0.29) is 10.7 Å². The molecule has 4 nitrogen and oxygen atoms in total. The molecule has 2 saturated heterocycles. The van der Waals surface area contributed by atoms with E-state index in [4.69, 9.17) is 0 Å². The Bertz CT molecular complexity index is 408. The number of nitrogens with one attached hydrogen (secondary N) is 1. The van der Waals surface area contributed by atoms with E-state index in [0.29, 0.717) is 25.6 Å². The van der Waals surface area contributed by atoms with E-state index in [1.807, 2.05) is 0 Å². The van der Waals surface area contributed by atoms with Gasteiger partial charge in [-0.25, -0.2) is 12.7 Å². The largest absolute Gasteiger partial charge is 0.315 e. The van der Waals surface area contributed by atoms with Crippen molar-refractivity contribution in [3.63, 3.8) is 0 Å². The summed E-state index contributed by atoms with van der Waals surface area (Å²) in [5, 5.41) is 3.02. The summed E-state index contributed by atoms with van der Waals surface area (Å²) in [4.78, 5) is 0. The molecule has 0 aromatic carbocycles. The molecule has 2 aliphatic heterocycles. The summed E-state index contributed by atoms with van der Waals surface area (Å²) in [5.41, 5.74) is 0.284. The van der Waals surface area contributed by atoms with Crippen LogP contribution in [0.1, 0.15) is 52.9 Å². The highest BCUT2D eigenvalue weighted by Gasteiger charge is 2.35. The van der Waals surface area contributed by atoms with E-state index in [1.54, 1.807) is 4.31 Å². The zero-order valence-corrected chi connectivity index (χ0v) is 14.0. The first kappa shape index (κ1) is 16.2. The summed E-state index contributed by atoms with van der Waals surface area (Å²) < 4.78 is 27.2. The van der Waals surface area contributed by atoms with Gasteiger partial charge in [-0.05, 0) is 50.0 Å². The van der Waals surface area contributed by atoms with Gasteiger partial charge in [0.05, 0.1) is 5.25 Å². The normalized spacial score (nSPS) is 30.9. The van der Waals surface area contributed by atoms with Crippen molar-refractivity contribution >= 4 is 10.0 Å². The Hall–Kier alpha value is -0.130. The van der Waals surface area contributed by atoms with Gasteiger partial charge in [-0.3, -0.25) is 0 Å². The molecule has 0 bridgehead atoms. The predicted molar refractivity (Wildman–Crippen MR) is 83.2 cm³/mol. The number of nitrogens with zero attached hydrogens (tertiary/aromatic N) is 1. The van der Waals surface area contributed by atoms with Crippen LogP contribution in [0.3, 0.4) is 0 Å². The molecule has 20 heavy (non-hydrogen) atoms. The quantitative estimate of drug-likeness (QED) is 0.851. The van der Waals surface area contributed by atoms with Gasteiger partial charge in [-0.1, -0.05) is 20.8 Å². The molecule has 0 radical (unpaired) electrons. The molecule has 2 rings (SSSR count). The Kier molecular flexibility index (Phi) is 5.14. The Morgan fingerprint density at radius 2 is 1.80 bits per heavy atom. The average Bonchev–Trinajstić information content (AvgIpc) is 2.65. The first-order valence-corrected chi connectivity index (χ1v) is 9.52. The SMILES string of the molecule is CC(C)(C)C1CCCN(S(=O)(=O)C2CCCNC2)CC1. The van der Waals surface area contributed by atoms with Gasteiger partial charge in [0.15, 0.2) is 0 Å². The lowest BCUT2D eigenvalue weighted by Gasteiger charge is -2.31. The van der Waals surface area contributed by atoms with Crippen LogP contribution < -0.4 is 5.32 Å². The van der Waals surface area contributed by atoms with Crippen molar-refractivity contribution in [1.29, 1.82) is 0 Å². The third kappa shape index (κ3) is 3.74. The van der Waals surface area contributed by atoms with E-state index in [9.17, 15) is 8.42 Å². The molecule has 0 aromatic rings. The van der Waals surface area contributed by atoms with Crippen molar-refractivity contribution in [1.82, 2.24) is 9.62 Å². The molecule has 0 spiro atoms. The van der Waals surface area contributed by atoms with Crippen molar-refractivity contribution in [2.24, 2.45) is 11.3 Å². The summed E-state index contributed by atoms with van der Waals surface area (Å²) in [6.45, 7) is 9.82. The van der Waals surface area contributed by atoms with E-state index in [0.717, 1.165) is 38.6 Å². The Labute approximate surface area is 124 Å².